The molecule has 0 spiro atoms. The summed E-state index contributed by atoms with van der Waals surface area (Å²) in [5, 5.41) is 2.86. The summed E-state index contributed by atoms with van der Waals surface area (Å²) < 4.78 is 38.5. The van der Waals surface area contributed by atoms with Crippen molar-refractivity contribution in [2.24, 2.45) is 0 Å². The van der Waals surface area contributed by atoms with Gasteiger partial charge in [0.15, 0.2) is 11.5 Å². The summed E-state index contributed by atoms with van der Waals surface area (Å²) in [6.07, 6.45) is 0. The number of rotatable bonds is 6. The van der Waals surface area contributed by atoms with Gasteiger partial charge in [0.1, 0.15) is 0 Å². The van der Waals surface area contributed by atoms with Crippen LogP contribution in [0, 0.1) is 6.92 Å². The molecule has 0 saturated carbocycles. The molecule has 0 aliphatic rings. The molecule has 0 radical (unpaired) electrons. The van der Waals surface area contributed by atoms with Crippen LogP contribution in [0.3, 0.4) is 0 Å². The Hall–Kier alpha value is -2.74. The molecule has 0 aliphatic heterocycles. The summed E-state index contributed by atoms with van der Waals surface area (Å²) >= 11 is 0. The van der Waals surface area contributed by atoms with Gasteiger partial charge in [0.05, 0.1) is 19.1 Å². The largest absolute Gasteiger partial charge is 0.493 e. The van der Waals surface area contributed by atoms with Gasteiger partial charge in [0, 0.05) is 22.9 Å². The number of methoxy groups -OCH3 is 2. The predicted octanol–water partition coefficient (Wildman–Crippen LogP) is 3.34. The molecule has 152 valence electrons. The van der Waals surface area contributed by atoms with Crippen molar-refractivity contribution in [3.63, 3.8) is 0 Å². The van der Waals surface area contributed by atoms with Gasteiger partial charge in [-0.15, -0.1) is 0 Å². The topological polar surface area (TPSA) is 93.7 Å². The average Bonchev–Trinajstić information content (AvgIpc) is 2.60. The molecule has 2 rings (SSSR count). The number of amides is 1. The highest BCUT2D eigenvalue weighted by molar-refractivity contribution is 7.92. The lowest BCUT2D eigenvalue weighted by molar-refractivity contribution is 0.0919. The van der Waals surface area contributed by atoms with Crippen molar-refractivity contribution in [2.45, 2.75) is 38.1 Å². The summed E-state index contributed by atoms with van der Waals surface area (Å²) in [6, 6.07) is 9.26. The molecule has 2 N–H and O–H groups in total. The molecule has 0 aliphatic carbocycles. The number of aryl methyl sites for hydroxylation is 1. The SMILES string of the molecule is COc1cc(C)c(S(=O)(=O)Nc2ccc(C(=O)NC(C)(C)C)cc2)cc1OC. The molecular weight excluding hydrogens is 380 g/mol. The van der Waals surface area contributed by atoms with E-state index >= 15 is 0 Å². The van der Waals surface area contributed by atoms with Crippen molar-refractivity contribution < 1.29 is 22.7 Å². The zero-order valence-electron chi connectivity index (χ0n) is 16.9. The lowest BCUT2D eigenvalue weighted by Crippen LogP contribution is -2.40. The smallest absolute Gasteiger partial charge is 0.262 e. The maximum Gasteiger partial charge on any atom is 0.262 e. The van der Waals surface area contributed by atoms with Crippen molar-refractivity contribution >= 4 is 21.6 Å². The fourth-order valence-electron chi connectivity index (χ4n) is 2.56. The molecular formula is C20H26N2O5S. The molecule has 2 aromatic rings. The fourth-order valence-corrected chi connectivity index (χ4v) is 3.87. The lowest BCUT2D eigenvalue weighted by atomic mass is 10.1. The molecule has 0 heterocycles. The van der Waals surface area contributed by atoms with E-state index < -0.39 is 10.0 Å². The Balaban J connectivity index is 2.26. The molecule has 0 saturated heterocycles. The van der Waals surface area contributed by atoms with E-state index in [1.165, 1.54) is 20.3 Å². The third-order valence-corrected chi connectivity index (χ3v) is 5.38. The van der Waals surface area contributed by atoms with Crippen LogP contribution in [-0.2, 0) is 10.0 Å². The molecule has 0 fully saturated rings. The number of sulfonamides is 1. The molecule has 28 heavy (non-hydrogen) atoms. The Morgan fingerprint density at radius 3 is 2.00 bits per heavy atom. The quantitative estimate of drug-likeness (QED) is 0.767. The zero-order valence-corrected chi connectivity index (χ0v) is 17.7. The van der Waals surface area contributed by atoms with E-state index in [2.05, 4.69) is 10.0 Å². The van der Waals surface area contributed by atoms with Gasteiger partial charge in [-0.2, -0.15) is 0 Å². The number of carbonyl (C=O) groups excluding carboxylic acids is 1. The van der Waals surface area contributed by atoms with Crippen LogP contribution in [0.15, 0.2) is 41.3 Å². The first-order valence-corrected chi connectivity index (χ1v) is 10.1. The van der Waals surface area contributed by atoms with Crippen LogP contribution in [0.1, 0.15) is 36.7 Å². The maximum absolute atomic E-state index is 12.8. The highest BCUT2D eigenvalue weighted by Crippen LogP contribution is 2.33. The van der Waals surface area contributed by atoms with Gasteiger partial charge in [0.2, 0.25) is 0 Å². The van der Waals surface area contributed by atoms with Crippen LogP contribution >= 0.6 is 0 Å². The van der Waals surface area contributed by atoms with Crippen molar-refractivity contribution in [1.82, 2.24) is 5.32 Å². The van der Waals surface area contributed by atoms with Crippen molar-refractivity contribution in [1.29, 1.82) is 0 Å². The van der Waals surface area contributed by atoms with Gasteiger partial charge < -0.3 is 14.8 Å². The highest BCUT2D eigenvalue weighted by Gasteiger charge is 2.21. The van der Waals surface area contributed by atoms with Crippen molar-refractivity contribution in [2.75, 3.05) is 18.9 Å². The normalized spacial score (nSPS) is 11.6. The minimum atomic E-state index is -3.85. The number of anilines is 1. The Labute approximate surface area is 166 Å². The molecule has 0 bridgehead atoms. The third kappa shape index (κ3) is 5.16. The number of hydrogen-bond donors (Lipinski definition) is 2. The molecule has 0 atom stereocenters. The monoisotopic (exact) mass is 406 g/mol. The number of benzene rings is 2. The van der Waals surface area contributed by atoms with Crippen LogP contribution in [0.4, 0.5) is 5.69 Å². The number of ether oxygens (including phenoxy) is 2. The summed E-state index contributed by atoms with van der Waals surface area (Å²) in [5.41, 5.74) is 0.954. The van der Waals surface area contributed by atoms with E-state index in [1.54, 1.807) is 37.3 Å². The second-order valence-corrected chi connectivity index (χ2v) is 9.01. The highest BCUT2D eigenvalue weighted by atomic mass is 32.2. The van der Waals surface area contributed by atoms with Gasteiger partial charge in [-0.3, -0.25) is 9.52 Å². The standard InChI is InChI=1S/C20H26N2O5S/c1-13-11-16(26-5)17(27-6)12-18(13)28(24,25)22-15-9-7-14(8-10-15)19(23)21-20(2,3)4/h7-12,22H,1-6H3,(H,21,23). The second-order valence-electron chi connectivity index (χ2n) is 7.36. The summed E-state index contributed by atoms with van der Waals surface area (Å²) in [4.78, 5) is 12.3. The number of carbonyl (C=O) groups is 1. The van der Waals surface area contributed by atoms with Crippen molar-refractivity contribution in [3.8, 4) is 11.5 Å². The van der Waals surface area contributed by atoms with E-state index in [9.17, 15) is 13.2 Å². The first kappa shape index (κ1) is 21.6. The van der Waals surface area contributed by atoms with Crippen LogP contribution in [0.2, 0.25) is 0 Å². The Morgan fingerprint density at radius 2 is 1.50 bits per heavy atom. The lowest BCUT2D eigenvalue weighted by Gasteiger charge is -2.20. The third-order valence-electron chi connectivity index (χ3n) is 3.86. The predicted molar refractivity (Wildman–Crippen MR) is 109 cm³/mol. The molecule has 1 amide bonds. The minimum absolute atomic E-state index is 0.0831. The van der Waals surface area contributed by atoms with Crippen LogP contribution in [0.25, 0.3) is 0 Å². The molecule has 0 aromatic heterocycles. The van der Waals surface area contributed by atoms with E-state index in [4.69, 9.17) is 9.47 Å². The van der Waals surface area contributed by atoms with Gasteiger partial charge in [-0.25, -0.2) is 8.42 Å². The minimum Gasteiger partial charge on any atom is -0.493 e. The van der Waals surface area contributed by atoms with E-state index in [1.807, 2.05) is 20.8 Å². The Bertz CT molecular complexity index is 961. The van der Waals surface area contributed by atoms with Crippen LogP contribution in [-0.4, -0.2) is 34.1 Å². The van der Waals surface area contributed by atoms with Gasteiger partial charge in [-0.05, 0) is 63.6 Å². The molecule has 8 heteroatoms. The van der Waals surface area contributed by atoms with Gasteiger partial charge >= 0.3 is 0 Å². The van der Waals surface area contributed by atoms with Crippen molar-refractivity contribution in [3.05, 3.63) is 47.5 Å². The maximum atomic E-state index is 12.8. The first-order valence-electron chi connectivity index (χ1n) is 8.65. The van der Waals surface area contributed by atoms with Gasteiger partial charge in [0.25, 0.3) is 15.9 Å². The molecule has 0 unspecified atom stereocenters. The summed E-state index contributed by atoms with van der Waals surface area (Å²) in [5.74, 6) is 0.550. The molecule has 7 nitrogen and oxygen atoms in total. The van der Waals surface area contributed by atoms with E-state index in [0.29, 0.717) is 28.3 Å². The van der Waals surface area contributed by atoms with E-state index in [-0.39, 0.29) is 16.3 Å². The Kier molecular flexibility index (Phi) is 6.23. The van der Waals surface area contributed by atoms with E-state index in [0.717, 1.165) is 0 Å². The van der Waals surface area contributed by atoms with Gasteiger partial charge in [-0.1, -0.05) is 0 Å². The van der Waals surface area contributed by atoms with Crippen LogP contribution in [0.5, 0.6) is 11.5 Å². The summed E-state index contributed by atoms with van der Waals surface area (Å²) in [7, 11) is -0.920. The van der Waals surface area contributed by atoms with Crippen LogP contribution < -0.4 is 19.5 Å². The first-order chi connectivity index (χ1) is 13.0. The fraction of sp³-hybridized carbons (Fsp3) is 0.350. The summed E-state index contributed by atoms with van der Waals surface area (Å²) in [6.45, 7) is 7.34. The zero-order chi connectivity index (χ0) is 21.1. The molecule has 2 aromatic carbocycles. The number of hydrogen-bond acceptors (Lipinski definition) is 5. The number of nitrogens with one attached hydrogen (secondary N) is 2. The second kappa shape index (κ2) is 8.10. The average molecular weight is 407 g/mol. The Morgan fingerprint density at radius 1 is 0.964 bits per heavy atom.